The van der Waals surface area contributed by atoms with Crippen LogP contribution in [0.3, 0.4) is 0 Å². The average molecular weight is 646 g/mol. The van der Waals surface area contributed by atoms with Crippen LogP contribution in [-0.2, 0) is 36.8 Å². The Morgan fingerprint density at radius 3 is 1.85 bits per heavy atom. The maximum atomic E-state index is 13.3. The Labute approximate surface area is 273 Å². The molecule has 46 heavy (non-hydrogen) atoms. The largest absolute Gasteiger partial charge is 0.481 e. The minimum Gasteiger partial charge on any atom is -0.481 e. The number of amides is 1. The number of hydrogen-bond acceptors (Lipinski definition) is 6. The van der Waals surface area contributed by atoms with Gasteiger partial charge in [-0.15, -0.1) is 0 Å². The van der Waals surface area contributed by atoms with Crippen molar-refractivity contribution in [2.75, 3.05) is 0 Å². The lowest BCUT2D eigenvalue weighted by Crippen LogP contribution is -2.55. The second-order valence-electron chi connectivity index (χ2n) is 12.2. The summed E-state index contributed by atoms with van der Waals surface area (Å²) in [5, 5.41) is 42.1. The zero-order valence-corrected chi connectivity index (χ0v) is 27.7. The summed E-state index contributed by atoms with van der Waals surface area (Å²) in [7, 11) is 0. The summed E-state index contributed by atoms with van der Waals surface area (Å²) in [6.07, 6.45) is 15.7. The Balaban J connectivity index is 2.81. The van der Waals surface area contributed by atoms with Gasteiger partial charge in [-0.1, -0.05) is 102 Å². The summed E-state index contributed by atoms with van der Waals surface area (Å²) in [5.74, 6) is -7.55. The molecule has 0 aliphatic carbocycles. The minimum absolute atomic E-state index is 0.0848. The fourth-order valence-electron chi connectivity index (χ4n) is 5.35. The predicted molar refractivity (Wildman–Crippen MR) is 176 cm³/mol. The Morgan fingerprint density at radius 1 is 0.761 bits per heavy atom. The zero-order valence-electron chi connectivity index (χ0n) is 27.7. The molecule has 1 amide bonds. The summed E-state index contributed by atoms with van der Waals surface area (Å²) in [6.45, 7) is 4.27. The lowest BCUT2D eigenvalue weighted by atomic mass is 9.82. The standard InChI is InChI=1S/C36H55NO9/c1-3-5-7-10-14-18-29(38)19-15-11-8-9-12-16-20-30(36(46,35(44)45)26-32(39)40)33(41)37-31(34(42)43)25-28-23-21-27(22-24-28)17-13-6-4-2/h16,20-24,30-31,46H,3-15,17-19,25-26H2,1-2H3,(H,37,41)(H,39,40)(H,42,43)(H,44,45)/b20-16+/t30-,31+,36+/m1/s1. The number of unbranched alkanes of at least 4 members (excludes halogenated alkanes) is 10. The first kappa shape index (κ1) is 40.5. The second-order valence-corrected chi connectivity index (χ2v) is 12.2. The first-order valence-electron chi connectivity index (χ1n) is 16.9. The molecule has 1 rings (SSSR count). The molecule has 0 bridgehead atoms. The molecule has 0 saturated carbocycles. The van der Waals surface area contributed by atoms with Crippen LogP contribution in [0.25, 0.3) is 0 Å². The maximum Gasteiger partial charge on any atom is 0.337 e. The van der Waals surface area contributed by atoms with Crippen molar-refractivity contribution in [2.45, 2.75) is 141 Å². The molecule has 5 N–H and O–H groups in total. The summed E-state index contributed by atoms with van der Waals surface area (Å²) in [6, 6.07) is 5.94. The molecule has 1 aromatic carbocycles. The van der Waals surface area contributed by atoms with Crippen LogP contribution in [0, 0.1) is 5.92 Å². The van der Waals surface area contributed by atoms with Gasteiger partial charge in [0.15, 0.2) is 5.60 Å². The predicted octanol–water partition coefficient (Wildman–Crippen LogP) is 6.26. The number of carboxylic acids is 3. The van der Waals surface area contributed by atoms with Gasteiger partial charge in [0.1, 0.15) is 11.8 Å². The highest BCUT2D eigenvalue weighted by atomic mass is 16.4. The van der Waals surface area contributed by atoms with Crippen molar-refractivity contribution in [1.29, 1.82) is 0 Å². The molecular formula is C36H55NO9. The highest BCUT2D eigenvalue weighted by Crippen LogP contribution is 2.26. The third kappa shape index (κ3) is 16.2. The maximum absolute atomic E-state index is 13.3. The van der Waals surface area contributed by atoms with Gasteiger partial charge in [0.05, 0.1) is 12.3 Å². The molecule has 0 heterocycles. The van der Waals surface area contributed by atoms with Crippen LogP contribution in [0.4, 0.5) is 0 Å². The topological polar surface area (TPSA) is 178 Å². The molecule has 1 aromatic rings. The quantitative estimate of drug-likeness (QED) is 0.0545. The lowest BCUT2D eigenvalue weighted by Gasteiger charge is -2.29. The zero-order chi connectivity index (χ0) is 34.4. The summed E-state index contributed by atoms with van der Waals surface area (Å²) < 4.78 is 0. The van der Waals surface area contributed by atoms with Crippen LogP contribution in [0.2, 0.25) is 0 Å². The second kappa shape index (κ2) is 22.9. The van der Waals surface area contributed by atoms with Gasteiger partial charge in [-0.05, 0) is 49.7 Å². The molecule has 0 saturated heterocycles. The van der Waals surface area contributed by atoms with Crippen LogP contribution >= 0.6 is 0 Å². The number of rotatable bonds is 27. The van der Waals surface area contributed by atoms with Gasteiger partial charge >= 0.3 is 17.9 Å². The fraction of sp³-hybridized carbons (Fsp3) is 0.639. The van der Waals surface area contributed by atoms with E-state index in [1.807, 2.05) is 12.1 Å². The molecular weight excluding hydrogens is 590 g/mol. The van der Waals surface area contributed by atoms with Crippen LogP contribution in [0.1, 0.15) is 128 Å². The number of hydrogen-bond donors (Lipinski definition) is 5. The average Bonchev–Trinajstić information content (AvgIpc) is 3.00. The van der Waals surface area contributed by atoms with Crippen molar-refractivity contribution in [1.82, 2.24) is 5.32 Å². The molecule has 0 radical (unpaired) electrons. The van der Waals surface area contributed by atoms with E-state index in [0.717, 1.165) is 75.8 Å². The molecule has 0 aromatic heterocycles. The van der Waals surface area contributed by atoms with E-state index in [0.29, 0.717) is 31.2 Å². The number of aliphatic hydroxyl groups is 1. The van der Waals surface area contributed by atoms with Crippen molar-refractivity contribution in [3.05, 3.63) is 47.5 Å². The van der Waals surface area contributed by atoms with Crippen LogP contribution in [-0.4, -0.2) is 61.7 Å². The van der Waals surface area contributed by atoms with E-state index in [4.69, 9.17) is 0 Å². The number of Topliss-reactive ketones (excluding diaryl/α,β-unsaturated/α-hetero) is 1. The summed E-state index contributed by atoms with van der Waals surface area (Å²) >= 11 is 0. The molecule has 10 nitrogen and oxygen atoms in total. The van der Waals surface area contributed by atoms with Crippen molar-refractivity contribution >= 4 is 29.6 Å². The minimum atomic E-state index is -2.99. The van der Waals surface area contributed by atoms with E-state index >= 15 is 0 Å². The number of allylic oxidation sites excluding steroid dienone is 1. The third-order valence-corrected chi connectivity index (χ3v) is 8.20. The lowest BCUT2D eigenvalue weighted by molar-refractivity contribution is -0.172. The van der Waals surface area contributed by atoms with Crippen molar-refractivity contribution < 1.29 is 44.4 Å². The molecule has 3 atom stereocenters. The van der Waals surface area contributed by atoms with Gasteiger partial charge < -0.3 is 25.7 Å². The summed E-state index contributed by atoms with van der Waals surface area (Å²) in [5.41, 5.74) is -1.24. The summed E-state index contributed by atoms with van der Waals surface area (Å²) in [4.78, 5) is 60.9. The van der Waals surface area contributed by atoms with Crippen molar-refractivity contribution in [3.8, 4) is 0 Å². The monoisotopic (exact) mass is 645 g/mol. The molecule has 258 valence electrons. The van der Waals surface area contributed by atoms with E-state index in [2.05, 4.69) is 19.2 Å². The number of benzene rings is 1. The Bertz CT molecular complexity index is 1110. The normalized spacial score (nSPS) is 14.0. The molecule has 0 spiro atoms. The fourth-order valence-corrected chi connectivity index (χ4v) is 5.35. The van der Waals surface area contributed by atoms with Gasteiger partial charge in [-0.3, -0.25) is 14.4 Å². The first-order chi connectivity index (χ1) is 21.9. The van der Waals surface area contributed by atoms with Crippen molar-refractivity contribution in [3.63, 3.8) is 0 Å². The molecule has 0 unspecified atom stereocenters. The van der Waals surface area contributed by atoms with E-state index in [-0.39, 0.29) is 12.2 Å². The Hall–Kier alpha value is -3.53. The van der Waals surface area contributed by atoms with Crippen LogP contribution in [0.5, 0.6) is 0 Å². The highest BCUT2D eigenvalue weighted by molar-refractivity contribution is 5.94. The first-order valence-corrected chi connectivity index (χ1v) is 16.9. The van der Waals surface area contributed by atoms with Crippen molar-refractivity contribution in [2.24, 2.45) is 5.92 Å². The SMILES string of the molecule is CCCCCCCC(=O)CCCCCC/C=C/[C@H](C(=O)N[C@@H](Cc1ccc(CCCCC)cc1)C(=O)O)[C@@](O)(CC(=O)O)C(=O)O. The van der Waals surface area contributed by atoms with E-state index in [1.165, 1.54) is 18.9 Å². The van der Waals surface area contributed by atoms with Gasteiger partial charge in [0, 0.05) is 19.3 Å². The molecule has 10 heteroatoms. The smallest absolute Gasteiger partial charge is 0.337 e. The number of nitrogens with one attached hydrogen (secondary N) is 1. The number of aliphatic carboxylic acids is 3. The van der Waals surface area contributed by atoms with Crippen LogP contribution < -0.4 is 5.32 Å². The van der Waals surface area contributed by atoms with E-state index in [9.17, 15) is 44.4 Å². The number of carbonyl (C=O) groups excluding carboxylic acids is 2. The number of aryl methyl sites for hydroxylation is 1. The Kier molecular flexibility index (Phi) is 20.2. The van der Waals surface area contributed by atoms with Gasteiger partial charge in [-0.25, -0.2) is 9.59 Å². The van der Waals surface area contributed by atoms with Gasteiger partial charge in [-0.2, -0.15) is 0 Å². The highest BCUT2D eigenvalue weighted by Gasteiger charge is 2.49. The number of carbonyl (C=O) groups is 5. The number of carboxylic acid groups (broad SMARTS) is 3. The van der Waals surface area contributed by atoms with Crippen LogP contribution in [0.15, 0.2) is 36.4 Å². The molecule has 0 fully saturated rings. The molecule has 0 aliphatic rings. The molecule has 0 aliphatic heterocycles. The van der Waals surface area contributed by atoms with E-state index < -0.39 is 47.8 Å². The number of ketones is 1. The van der Waals surface area contributed by atoms with Gasteiger partial charge in [0.25, 0.3) is 0 Å². The Morgan fingerprint density at radius 2 is 1.30 bits per heavy atom. The van der Waals surface area contributed by atoms with E-state index in [1.54, 1.807) is 12.1 Å². The third-order valence-electron chi connectivity index (χ3n) is 8.20. The van der Waals surface area contributed by atoms with Gasteiger partial charge in [0.2, 0.25) is 5.91 Å².